The summed E-state index contributed by atoms with van der Waals surface area (Å²) in [6, 6.07) is 24.6. The predicted octanol–water partition coefficient (Wildman–Crippen LogP) is 4.81. The molecule has 0 saturated heterocycles. The number of hydrogen-bond donors (Lipinski definition) is 1. The maximum absolute atomic E-state index is 12.8. The fourth-order valence-corrected chi connectivity index (χ4v) is 5.02. The summed E-state index contributed by atoms with van der Waals surface area (Å²) in [5, 5.41) is 0.510. The first-order chi connectivity index (χ1) is 14.0. The SMILES string of the molecule is O=S(=O)(NC[C@H](c1ccccc1)N1CCCc2ccccc21)c1ccc(Cl)cc1. The summed E-state index contributed by atoms with van der Waals surface area (Å²) in [4.78, 5) is 2.53. The molecule has 1 aliphatic rings. The summed E-state index contributed by atoms with van der Waals surface area (Å²) < 4.78 is 28.5. The van der Waals surface area contributed by atoms with Crippen molar-refractivity contribution in [3.05, 3.63) is 95.0 Å². The van der Waals surface area contributed by atoms with Gasteiger partial charge < -0.3 is 4.90 Å². The van der Waals surface area contributed by atoms with E-state index in [1.807, 2.05) is 24.3 Å². The molecule has 4 nitrogen and oxygen atoms in total. The van der Waals surface area contributed by atoms with Gasteiger partial charge in [0, 0.05) is 23.8 Å². The van der Waals surface area contributed by atoms with Gasteiger partial charge in [-0.3, -0.25) is 0 Å². The van der Waals surface area contributed by atoms with Crippen molar-refractivity contribution in [1.82, 2.24) is 4.72 Å². The van der Waals surface area contributed by atoms with Gasteiger partial charge in [0.2, 0.25) is 10.0 Å². The minimum absolute atomic E-state index is 0.0975. The van der Waals surface area contributed by atoms with Crippen LogP contribution in [0.2, 0.25) is 5.02 Å². The van der Waals surface area contributed by atoms with Crippen molar-refractivity contribution in [1.29, 1.82) is 0 Å². The highest BCUT2D eigenvalue weighted by atomic mass is 35.5. The van der Waals surface area contributed by atoms with Crippen LogP contribution in [0.1, 0.15) is 23.6 Å². The highest BCUT2D eigenvalue weighted by Gasteiger charge is 2.27. The number of para-hydroxylation sites is 1. The van der Waals surface area contributed by atoms with Crippen molar-refractivity contribution in [3.63, 3.8) is 0 Å². The van der Waals surface area contributed by atoms with E-state index in [1.54, 1.807) is 12.1 Å². The molecule has 1 atom stereocenters. The molecule has 6 heteroatoms. The van der Waals surface area contributed by atoms with E-state index in [9.17, 15) is 8.42 Å². The normalized spacial score (nSPS) is 15.0. The van der Waals surface area contributed by atoms with Crippen molar-refractivity contribution in [2.45, 2.75) is 23.8 Å². The summed E-state index contributed by atoms with van der Waals surface area (Å²) in [6.07, 6.45) is 2.09. The first-order valence-electron chi connectivity index (χ1n) is 9.69. The van der Waals surface area contributed by atoms with E-state index in [2.05, 4.69) is 40.0 Å². The molecule has 3 aromatic carbocycles. The molecule has 150 valence electrons. The Hall–Kier alpha value is -2.34. The van der Waals surface area contributed by atoms with E-state index < -0.39 is 10.0 Å². The van der Waals surface area contributed by atoms with Crippen molar-refractivity contribution < 1.29 is 8.42 Å². The minimum atomic E-state index is -3.63. The van der Waals surface area contributed by atoms with E-state index in [1.165, 1.54) is 23.4 Å². The lowest BCUT2D eigenvalue weighted by atomic mass is 9.97. The molecule has 29 heavy (non-hydrogen) atoms. The summed E-state index contributed by atoms with van der Waals surface area (Å²) in [5.41, 5.74) is 3.57. The lowest BCUT2D eigenvalue weighted by molar-refractivity contribution is 0.546. The fraction of sp³-hybridized carbons (Fsp3) is 0.217. The van der Waals surface area contributed by atoms with Crippen LogP contribution >= 0.6 is 11.6 Å². The number of anilines is 1. The largest absolute Gasteiger partial charge is 0.363 e. The number of nitrogens with one attached hydrogen (secondary N) is 1. The molecule has 0 saturated carbocycles. The molecular weight excluding hydrogens is 404 g/mol. The Morgan fingerprint density at radius 3 is 2.38 bits per heavy atom. The van der Waals surface area contributed by atoms with Crippen molar-refractivity contribution in [2.75, 3.05) is 18.0 Å². The molecular formula is C23H23ClN2O2S. The molecule has 1 heterocycles. The van der Waals surface area contributed by atoms with Crippen LogP contribution in [0.25, 0.3) is 0 Å². The molecule has 1 N–H and O–H groups in total. The first-order valence-corrected chi connectivity index (χ1v) is 11.6. The molecule has 0 radical (unpaired) electrons. The standard InChI is InChI=1S/C23H23ClN2O2S/c24-20-12-14-21(15-13-20)29(27,28)25-17-23(19-7-2-1-3-8-19)26-16-6-10-18-9-4-5-11-22(18)26/h1-5,7-9,11-15,23,25H,6,10,16-17H2/t23-/m1/s1. The van der Waals surface area contributed by atoms with Crippen LogP contribution in [-0.2, 0) is 16.4 Å². The number of rotatable bonds is 6. The van der Waals surface area contributed by atoms with Crippen molar-refractivity contribution in [3.8, 4) is 0 Å². The highest BCUT2D eigenvalue weighted by molar-refractivity contribution is 7.89. The molecule has 0 amide bonds. The Morgan fingerprint density at radius 2 is 1.62 bits per heavy atom. The van der Waals surface area contributed by atoms with Crippen LogP contribution in [0.4, 0.5) is 5.69 Å². The van der Waals surface area contributed by atoms with Gasteiger partial charge in [-0.2, -0.15) is 0 Å². The second-order valence-corrected chi connectivity index (χ2v) is 9.36. The zero-order valence-electron chi connectivity index (χ0n) is 16.0. The molecule has 0 aliphatic carbocycles. The quantitative estimate of drug-likeness (QED) is 0.615. The number of hydrogen-bond acceptors (Lipinski definition) is 3. The Morgan fingerprint density at radius 1 is 0.931 bits per heavy atom. The zero-order chi connectivity index (χ0) is 20.3. The van der Waals surface area contributed by atoms with Crippen molar-refractivity contribution in [2.24, 2.45) is 0 Å². The fourth-order valence-electron chi connectivity index (χ4n) is 3.86. The van der Waals surface area contributed by atoms with Gasteiger partial charge >= 0.3 is 0 Å². The molecule has 3 aromatic rings. The van der Waals surface area contributed by atoms with E-state index in [-0.39, 0.29) is 17.5 Å². The number of aryl methyl sites for hydroxylation is 1. The third kappa shape index (κ3) is 4.47. The Balaban J connectivity index is 1.64. The monoisotopic (exact) mass is 426 g/mol. The Labute approximate surface area is 177 Å². The van der Waals surface area contributed by atoms with E-state index >= 15 is 0 Å². The van der Waals surface area contributed by atoms with Gasteiger partial charge in [0.15, 0.2) is 0 Å². The van der Waals surface area contributed by atoms with Crippen LogP contribution in [0.5, 0.6) is 0 Å². The summed E-state index contributed by atoms with van der Waals surface area (Å²) in [6.45, 7) is 1.17. The number of halogens is 1. The highest BCUT2D eigenvalue weighted by Crippen LogP contribution is 2.34. The van der Waals surface area contributed by atoms with Gasteiger partial charge in [0.25, 0.3) is 0 Å². The van der Waals surface area contributed by atoms with Crippen LogP contribution in [0.3, 0.4) is 0 Å². The van der Waals surface area contributed by atoms with Gasteiger partial charge in [0.1, 0.15) is 0 Å². The summed E-state index contributed by atoms with van der Waals surface area (Å²) in [5.74, 6) is 0. The van der Waals surface area contributed by atoms with Gasteiger partial charge in [-0.15, -0.1) is 0 Å². The van der Waals surface area contributed by atoms with Gasteiger partial charge in [0.05, 0.1) is 10.9 Å². The summed E-state index contributed by atoms with van der Waals surface area (Å²) >= 11 is 5.90. The second kappa shape index (κ2) is 8.57. The predicted molar refractivity (Wildman–Crippen MR) is 118 cm³/mol. The van der Waals surface area contributed by atoms with Crippen LogP contribution < -0.4 is 9.62 Å². The Kier molecular flexibility index (Phi) is 5.90. The third-order valence-corrected chi connectivity index (χ3v) is 6.99. The smallest absolute Gasteiger partial charge is 0.240 e. The molecule has 0 spiro atoms. The van der Waals surface area contributed by atoms with E-state index in [0.29, 0.717) is 5.02 Å². The second-order valence-electron chi connectivity index (χ2n) is 7.16. The topological polar surface area (TPSA) is 49.4 Å². The zero-order valence-corrected chi connectivity index (χ0v) is 17.5. The van der Waals surface area contributed by atoms with Crippen LogP contribution in [0.15, 0.2) is 83.8 Å². The molecule has 0 aromatic heterocycles. The molecule has 0 fully saturated rings. The van der Waals surface area contributed by atoms with Gasteiger partial charge in [-0.25, -0.2) is 13.1 Å². The van der Waals surface area contributed by atoms with E-state index in [4.69, 9.17) is 11.6 Å². The molecule has 4 rings (SSSR count). The third-order valence-electron chi connectivity index (χ3n) is 5.30. The van der Waals surface area contributed by atoms with Crippen LogP contribution in [0, 0.1) is 0 Å². The number of nitrogens with zero attached hydrogens (tertiary/aromatic N) is 1. The maximum Gasteiger partial charge on any atom is 0.240 e. The van der Waals surface area contributed by atoms with Gasteiger partial charge in [-0.05, 0) is 54.3 Å². The Bertz CT molecular complexity index is 1070. The molecule has 0 unspecified atom stereocenters. The lowest BCUT2D eigenvalue weighted by Crippen LogP contribution is -2.40. The average Bonchev–Trinajstić information content (AvgIpc) is 2.75. The molecule has 0 bridgehead atoms. The maximum atomic E-state index is 12.8. The summed E-state index contributed by atoms with van der Waals surface area (Å²) in [7, 11) is -3.63. The number of fused-ring (bicyclic) bond motifs is 1. The first kappa shape index (κ1) is 20.0. The lowest BCUT2D eigenvalue weighted by Gasteiger charge is -2.38. The number of sulfonamides is 1. The van der Waals surface area contributed by atoms with Crippen LogP contribution in [-0.4, -0.2) is 21.5 Å². The van der Waals surface area contributed by atoms with Gasteiger partial charge in [-0.1, -0.05) is 60.1 Å². The number of benzene rings is 3. The van der Waals surface area contributed by atoms with Crippen molar-refractivity contribution >= 4 is 27.3 Å². The molecule has 1 aliphatic heterocycles. The average molecular weight is 427 g/mol. The minimum Gasteiger partial charge on any atom is -0.363 e. The van der Waals surface area contributed by atoms with E-state index in [0.717, 1.165) is 24.9 Å².